The molecule has 2 heterocycles. The van der Waals surface area contributed by atoms with Gasteiger partial charge in [0.25, 0.3) is 0 Å². The zero-order valence-electron chi connectivity index (χ0n) is 12.7. The molecule has 0 spiro atoms. The van der Waals surface area contributed by atoms with Crippen LogP contribution in [0.5, 0.6) is 0 Å². The fourth-order valence-corrected chi connectivity index (χ4v) is 3.68. The van der Waals surface area contributed by atoms with Crippen LogP contribution in [-0.4, -0.2) is 35.0 Å². The normalized spacial score (nSPS) is 27.4. The lowest BCUT2D eigenvalue weighted by molar-refractivity contribution is -0.146. The van der Waals surface area contributed by atoms with Crippen molar-refractivity contribution >= 4 is 11.9 Å². The number of nitrogens with zero attached hydrogens (tertiary/aromatic N) is 1. The summed E-state index contributed by atoms with van der Waals surface area (Å²) in [6.07, 6.45) is 5.71. The van der Waals surface area contributed by atoms with E-state index in [2.05, 4.69) is 0 Å². The van der Waals surface area contributed by atoms with E-state index in [1.165, 1.54) is 25.7 Å². The standard InChI is InChI=1S/C16H27NO3/c1-11(2)7-14(16(19)20)8-15(18)17-9-12-3-4-13(10-17)6-5-12/h11-14H,3-10H2,1-2H3,(H,19,20)/t12?,13?,14-/m1/s1. The van der Waals surface area contributed by atoms with Gasteiger partial charge in [-0.3, -0.25) is 9.59 Å². The maximum Gasteiger partial charge on any atom is 0.307 e. The fourth-order valence-electron chi connectivity index (χ4n) is 3.68. The van der Waals surface area contributed by atoms with Crippen LogP contribution < -0.4 is 0 Å². The molecule has 0 aromatic carbocycles. The summed E-state index contributed by atoms with van der Waals surface area (Å²) in [6, 6.07) is 0. The zero-order valence-corrected chi connectivity index (χ0v) is 12.7. The van der Waals surface area contributed by atoms with E-state index in [0.717, 1.165) is 13.1 Å². The van der Waals surface area contributed by atoms with Crippen molar-refractivity contribution in [2.24, 2.45) is 23.7 Å². The molecule has 3 fully saturated rings. The lowest BCUT2D eigenvalue weighted by Crippen LogP contribution is -2.37. The number of hydrogen-bond donors (Lipinski definition) is 1. The Morgan fingerprint density at radius 1 is 1.10 bits per heavy atom. The van der Waals surface area contributed by atoms with Gasteiger partial charge in [-0.25, -0.2) is 0 Å². The minimum Gasteiger partial charge on any atom is -0.481 e. The maximum absolute atomic E-state index is 12.4. The van der Waals surface area contributed by atoms with Crippen LogP contribution in [0, 0.1) is 23.7 Å². The lowest BCUT2D eigenvalue weighted by Gasteiger charge is -2.24. The smallest absolute Gasteiger partial charge is 0.307 e. The highest BCUT2D eigenvalue weighted by molar-refractivity contribution is 5.82. The third-order valence-electron chi connectivity index (χ3n) is 4.80. The van der Waals surface area contributed by atoms with Gasteiger partial charge in [-0.2, -0.15) is 0 Å². The van der Waals surface area contributed by atoms with E-state index in [1.807, 2.05) is 18.7 Å². The van der Waals surface area contributed by atoms with Gasteiger partial charge in [0.15, 0.2) is 0 Å². The second-order valence-corrected chi connectivity index (χ2v) is 7.05. The van der Waals surface area contributed by atoms with Crippen LogP contribution in [0.25, 0.3) is 0 Å². The highest BCUT2D eigenvalue weighted by Crippen LogP contribution is 2.34. The van der Waals surface area contributed by atoms with Gasteiger partial charge in [0.1, 0.15) is 0 Å². The number of carbonyl (C=O) groups is 2. The molecule has 4 heteroatoms. The second-order valence-electron chi connectivity index (χ2n) is 7.05. The Hall–Kier alpha value is -1.06. The summed E-state index contributed by atoms with van der Waals surface area (Å²) in [5, 5.41) is 9.27. The van der Waals surface area contributed by atoms with Gasteiger partial charge >= 0.3 is 5.97 Å². The predicted octanol–water partition coefficient (Wildman–Crippen LogP) is 2.77. The lowest BCUT2D eigenvalue weighted by atomic mass is 9.84. The monoisotopic (exact) mass is 281 g/mol. The van der Waals surface area contributed by atoms with Gasteiger partial charge < -0.3 is 10.0 Å². The Morgan fingerprint density at radius 2 is 1.60 bits per heavy atom. The molecule has 0 unspecified atom stereocenters. The minimum absolute atomic E-state index is 0.0526. The molecule has 1 aliphatic carbocycles. The third-order valence-corrected chi connectivity index (χ3v) is 4.80. The largest absolute Gasteiger partial charge is 0.481 e. The first-order valence-corrected chi connectivity index (χ1v) is 7.96. The van der Waals surface area contributed by atoms with Crippen molar-refractivity contribution in [3.05, 3.63) is 0 Å². The number of carboxylic acids is 1. The van der Waals surface area contributed by atoms with E-state index in [1.54, 1.807) is 0 Å². The first kappa shape index (κ1) is 15.3. The van der Waals surface area contributed by atoms with Crippen molar-refractivity contribution in [3.8, 4) is 0 Å². The quantitative estimate of drug-likeness (QED) is 0.843. The topological polar surface area (TPSA) is 57.6 Å². The van der Waals surface area contributed by atoms with E-state index >= 15 is 0 Å². The van der Waals surface area contributed by atoms with Crippen LogP contribution in [0.15, 0.2) is 0 Å². The molecule has 4 nitrogen and oxygen atoms in total. The summed E-state index contributed by atoms with van der Waals surface area (Å²) in [4.78, 5) is 25.7. The van der Waals surface area contributed by atoms with Gasteiger partial charge in [0.2, 0.25) is 5.91 Å². The van der Waals surface area contributed by atoms with Crippen LogP contribution in [0.2, 0.25) is 0 Å². The molecule has 2 bridgehead atoms. The Morgan fingerprint density at radius 3 is 2.00 bits per heavy atom. The van der Waals surface area contributed by atoms with Crippen LogP contribution in [0.1, 0.15) is 52.4 Å². The molecule has 2 aliphatic heterocycles. The molecule has 3 rings (SSSR count). The average molecular weight is 281 g/mol. The Balaban J connectivity index is 1.94. The summed E-state index contributed by atoms with van der Waals surface area (Å²) in [6.45, 7) is 5.71. The van der Waals surface area contributed by atoms with Gasteiger partial charge in [0, 0.05) is 19.5 Å². The number of carboxylic acid groups (broad SMARTS) is 1. The number of amides is 1. The molecular formula is C16H27NO3. The third kappa shape index (κ3) is 3.97. The summed E-state index contributed by atoms with van der Waals surface area (Å²) >= 11 is 0. The van der Waals surface area contributed by atoms with E-state index < -0.39 is 11.9 Å². The van der Waals surface area contributed by atoms with Crippen molar-refractivity contribution in [1.29, 1.82) is 0 Å². The van der Waals surface area contributed by atoms with Crippen molar-refractivity contribution < 1.29 is 14.7 Å². The van der Waals surface area contributed by atoms with Crippen LogP contribution in [-0.2, 0) is 9.59 Å². The highest BCUT2D eigenvalue weighted by Gasteiger charge is 2.33. The molecule has 114 valence electrons. The molecule has 1 atom stereocenters. The van der Waals surface area contributed by atoms with Crippen molar-refractivity contribution in [3.63, 3.8) is 0 Å². The van der Waals surface area contributed by atoms with Crippen molar-refractivity contribution in [2.75, 3.05) is 13.1 Å². The number of rotatable bonds is 5. The predicted molar refractivity (Wildman–Crippen MR) is 77.2 cm³/mol. The molecule has 3 aliphatic rings. The fraction of sp³-hybridized carbons (Fsp3) is 0.875. The maximum atomic E-state index is 12.4. The molecule has 0 aromatic heterocycles. The minimum atomic E-state index is -0.829. The number of fused-ring (bicyclic) bond motifs is 4. The van der Waals surface area contributed by atoms with Gasteiger partial charge in [-0.05, 0) is 49.9 Å². The number of carbonyl (C=O) groups excluding carboxylic acids is 1. The summed E-state index contributed by atoms with van der Waals surface area (Å²) < 4.78 is 0. The van der Waals surface area contributed by atoms with Gasteiger partial charge in [-0.15, -0.1) is 0 Å². The first-order chi connectivity index (χ1) is 9.45. The van der Waals surface area contributed by atoms with Crippen molar-refractivity contribution in [1.82, 2.24) is 4.90 Å². The Labute approximate surface area is 121 Å². The Kier molecular flexibility index (Phi) is 5.06. The van der Waals surface area contributed by atoms with Gasteiger partial charge in [-0.1, -0.05) is 13.8 Å². The summed E-state index contributed by atoms with van der Waals surface area (Å²) in [5.74, 6) is 0.298. The molecule has 20 heavy (non-hydrogen) atoms. The second kappa shape index (κ2) is 6.59. The van der Waals surface area contributed by atoms with Gasteiger partial charge in [0.05, 0.1) is 5.92 Å². The molecule has 1 amide bonds. The molecular weight excluding hydrogens is 254 g/mol. The van der Waals surface area contributed by atoms with Crippen LogP contribution >= 0.6 is 0 Å². The molecule has 2 saturated heterocycles. The summed E-state index contributed by atoms with van der Waals surface area (Å²) in [7, 11) is 0. The van der Waals surface area contributed by atoms with E-state index in [4.69, 9.17) is 0 Å². The Bertz CT molecular complexity index is 345. The zero-order chi connectivity index (χ0) is 14.7. The van der Waals surface area contributed by atoms with E-state index in [-0.39, 0.29) is 12.3 Å². The van der Waals surface area contributed by atoms with Crippen LogP contribution in [0.4, 0.5) is 0 Å². The molecule has 0 aromatic rings. The summed E-state index contributed by atoms with van der Waals surface area (Å²) in [5.41, 5.74) is 0. The molecule has 1 saturated carbocycles. The van der Waals surface area contributed by atoms with E-state index in [9.17, 15) is 14.7 Å². The SMILES string of the molecule is CC(C)C[C@H](CC(=O)N1CC2CCC(CC2)C1)C(=O)O. The number of aliphatic carboxylic acids is 1. The molecule has 1 N–H and O–H groups in total. The molecule has 0 radical (unpaired) electrons. The van der Waals surface area contributed by atoms with E-state index in [0.29, 0.717) is 24.2 Å². The van der Waals surface area contributed by atoms with Crippen molar-refractivity contribution in [2.45, 2.75) is 52.4 Å². The highest BCUT2D eigenvalue weighted by atomic mass is 16.4. The first-order valence-electron chi connectivity index (χ1n) is 7.96. The van der Waals surface area contributed by atoms with Crippen LogP contribution in [0.3, 0.4) is 0 Å². The average Bonchev–Trinajstić information content (AvgIpc) is 2.70. The number of hydrogen-bond acceptors (Lipinski definition) is 2.